The molecule has 0 heterocycles. The summed E-state index contributed by atoms with van der Waals surface area (Å²) in [5, 5.41) is 35.1. The van der Waals surface area contributed by atoms with Gasteiger partial charge < -0.3 is 48.5 Å². The molecule has 0 spiro atoms. The highest BCUT2D eigenvalue weighted by molar-refractivity contribution is 5.95. The number of amides is 5. The molecule has 5 amide bonds. The van der Waals surface area contributed by atoms with Gasteiger partial charge in [0.25, 0.3) is 0 Å². The SMILES string of the molecule is CC(O)C(NC(=O)C(CCC(N)=O)NC(=O)C(Cc1ccc(O)cc1)NC(=O)C(N)CC(N)=O)C(=O)O. The summed E-state index contributed by atoms with van der Waals surface area (Å²) in [6.07, 6.45) is -2.80. The summed E-state index contributed by atoms with van der Waals surface area (Å²) < 4.78 is 0. The fourth-order valence-corrected chi connectivity index (χ4v) is 3.14. The van der Waals surface area contributed by atoms with E-state index >= 15 is 0 Å². The normalized spacial score (nSPS) is 14.8. The van der Waals surface area contributed by atoms with Gasteiger partial charge in [-0.15, -0.1) is 0 Å². The fourth-order valence-electron chi connectivity index (χ4n) is 3.14. The molecule has 5 unspecified atom stereocenters. The number of carbonyl (C=O) groups is 6. The Bertz CT molecular complexity index is 999. The molecule has 1 rings (SSSR count). The van der Waals surface area contributed by atoms with Crippen LogP contribution in [-0.4, -0.2) is 81.1 Å². The van der Waals surface area contributed by atoms with Crippen LogP contribution in [0.3, 0.4) is 0 Å². The molecule has 0 aliphatic heterocycles. The number of nitrogens with two attached hydrogens (primary N) is 3. The molecule has 0 aromatic heterocycles. The first-order valence-electron chi connectivity index (χ1n) is 11.1. The van der Waals surface area contributed by atoms with Gasteiger partial charge in [0.15, 0.2) is 6.04 Å². The number of phenols is 1. The lowest BCUT2D eigenvalue weighted by Crippen LogP contribution is -2.58. The molecule has 0 aliphatic rings. The third-order valence-electron chi connectivity index (χ3n) is 5.13. The molecule has 0 saturated heterocycles. The largest absolute Gasteiger partial charge is 0.508 e. The van der Waals surface area contributed by atoms with Crippen molar-refractivity contribution in [2.75, 3.05) is 0 Å². The quantitative estimate of drug-likeness (QED) is 0.108. The number of benzene rings is 1. The van der Waals surface area contributed by atoms with Crippen molar-refractivity contribution in [3.05, 3.63) is 29.8 Å². The molecule has 37 heavy (non-hydrogen) atoms. The number of aromatic hydroxyl groups is 1. The maximum absolute atomic E-state index is 13.1. The van der Waals surface area contributed by atoms with Crippen LogP contribution >= 0.6 is 0 Å². The number of carbonyl (C=O) groups excluding carboxylic acids is 5. The zero-order valence-electron chi connectivity index (χ0n) is 20.0. The summed E-state index contributed by atoms with van der Waals surface area (Å²) >= 11 is 0. The number of aliphatic hydroxyl groups is 1. The monoisotopic (exact) mass is 524 g/mol. The summed E-state index contributed by atoms with van der Waals surface area (Å²) in [5.41, 5.74) is 16.3. The second-order valence-corrected chi connectivity index (χ2v) is 8.34. The van der Waals surface area contributed by atoms with Crippen LogP contribution in [0, 0.1) is 0 Å². The Morgan fingerprint density at radius 1 is 0.865 bits per heavy atom. The molecule has 1 aromatic carbocycles. The van der Waals surface area contributed by atoms with Crippen molar-refractivity contribution in [2.24, 2.45) is 17.2 Å². The van der Waals surface area contributed by atoms with E-state index in [4.69, 9.17) is 17.2 Å². The zero-order valence-corrected chi connectivity index (χ0v) is 20.0. The number of phenolic OH excluding ortho intramolecular Hbond substituents is 1. The van der Waals surface area contributed by atoms with Gasteiger partial charge in [-0.3, -0.25) is 24.0 Å². The highest BCUT2D eigenvalue weighted by Gasteiger charge is 2.32. The minimum atomic E-state index is -1.71. The number of primary amides is 2. The molecule has 1 aromatic rings. The molecular weight excluding hydrogens is 492 g/mol. The number of hydrogen-bond acceptors (Lipinski definition) is 9. The third kappa shape index (κ3) is 10.9. The smallest absolute Gasteiger partial charge is 0.328 e. The summed E-state index contributed by atoms with van der Waals surface area (Å²) in [4.78, 5) is 72.1. The third-order valence-corrected chi connectivity index (χ3v) is 5.13. The molecule has 12 N–H and O–H groups in total. The van der Waals surface area contributed by atoms with Gasteiger partial charge in [-0.2, -0.15) is 0 Å². The van der Waals surface area contributed by atoms with Gasteiger partial charge >= 0.3 is 5.97 Å². The van der Waals surface area contributed by atoms with Crippen molar-refractivity contribution >= 4 is 35.5 Å². The number of nitrogens with one attached hydrogen (secondary N) is 3. The Hall–Kier alpha value is -4.24. The lowest BCUT2D eigenvalue weighted by molar-refractivity contribution is -0.145. The second-order valence-electron chi connectivity index (χ2n) is 8.34. The van der Waals surface area contributed by atoms with Crippen LogP contribution in [0.5, 0.6) is 5.75 Å². The van der Waals surface area contributed by atoms with E-state index < -0.39 is 72.2 Å². The lowest BCUT2D eigenvalue weighted by Gasteiger charge is -2.25. The van der Waals surface area contributed by atoms with Crippen LogP contribution < -0.4 is 33.2 Å². The van der Waals surface area contributed by atoms with Gasteiger partial charge in [0, 0.05) is 12.8 Å². The zero-order chi connectivity index (χ0) is 28.3. The number of aliphatic carboxylic acids is 1. The molecule has 5 atom stereocenters. The number of aliphatic hydroxyl groups excluding tert-OH is 1. The van der Waals surface area contributed by atoms with Crippen LogP contribution in [0.4, 0.5) is 0 Å². The van der Waals surface area contributed by atoms with Gasteiger partial charge in [0.2, 0.25) is 29.5 Å². The summed E-state index contributed by atoms with van der Waals surface area (Å²) in [6, 6.07) is -0.271. The van der Waals surface area contributed by atoms with Crippen LogP contribution in [0.25, 0.3) is 0 Å². The van der Waals surface area contributed by atoms with Crippen molar-refractivity contribution in [1.82, 2.24) is 16.0 Å². The first kappa shape index (κ1) is 30.8. The van der Waals surface area contributed by atoms with Gasteiger partial charge in [-0.1, -0.05) is 12.1 Å². The van der Waals surface area contributed by atoms with Crippen LogP contribution in [0.15, 0.2) is 24.3 Å². The van der Waals surface area contributed by atoms with E-state index in [9.17, 15) is 44.1 Å². The standard InChI is InChI=1S/C22H32N6O9/c1-10(29)18(22(36)37)28-20(34)14(6-7-16(24)31)26-21(35)15(8-11-2-4-12(30)5-3-11)27-19(33)13(23)9-17(25)32/h2-5,10,13-15,18,29-30H,6-9,23H2,1H3,(H2,24,31)(H2,25,32)(H,26,35)(H,27,33)(H,28,34)(H,36,37). The highest BCUT2D eigenvalue weighted by Crippen LogP contribution is 2.12. The first-order chi connectivity index (χ1) is 17.2. The minimum Gasteiger partial charge on any atom is -0.508 e. The fraction of sp³-hybridized carbons (Fsp3) is 0.455. The Morgan fingerprint density at radius 3 is 1.89 bits per heavy atom. The van der Waals surface area contributed by atoms with Crippen LogP contribution in [-0.2, 0) is 35.2 Å². The van der Waals surface area contributed by atoms with E-state index in [-0.39, 0.29) is 25.0 Å². The molecule has 0 bridgehead atoms. The molecule has 0 radical (unpaired) electrons. The molecule has 0 fully saturated rings. The predicted octanol–water partition coefficient (Wildman–Crippen LogP) is -3.68. The average molecular weight is 525 g/mol. The Morgan fingerprint density at radius 2 is 1.41 bits per heavy atom. The van der Waals surface area contributed by atoms with E-state index in [0.29, 0.717) is 5.56 Å². The topological polar surface area (TPSA) is 277 Å². The second kappa shape index (κ2) is 14.4. The van der Waals surface area contributed by atoms with Crippen LogP contribution in [0.1, 0.15) is 31.7 Å². The van der Waals surface area contributed by atoms with Gasteiger partial charge in [-0.25, -0.2) is 4.79 Å². The van der Waals surface area contributed by atoms with Gasteiger partial charge in [0.05, 0.1) is 18.6 Å². The molecule has 0 saturated carbocycles. The Labute approximate surface area is 211 Å². The molecule has 204 valence electrons. The molecular formula is C22H32N6O9. The molecule has 15 heteroatoms. The summed E-state index contributed by atoms with van der Waals surface area (Å²) in [5.74, 6) is -6.07. The van der Waals surface area contributed by atoms with Crippen molar-refractivity contribution in [2.45, 2.75) is 62.9 Å². The van der Waals surface area contributed by atoms with Crippen molar-refractivity contribution in [3.8, 4) is 5.75 Å². The maximum Gasteiger partial charge on any atom is 0.328 e. The lowest BCUT2D eigenvalue weighted by atomic mass is 10.0. The predicted molar refractivity (Wildman–Crippen MR) is 127 cm³/mol. The number of carboxylic acids is 1. The van der Waals surface area contributed by atoms with Crippen molar-refractivity contribution in [3.63, 3.8) is 0 Å². The van der Waals surface area contributed by atoms with Gasteiger partial charge in [0.1, 0.15) is 17.8 Å². The van der Waals surface area contributed by atoms with Crippen molar-refractivity contribution in [1.29, 1.82) is 0 Å². The van der Waals surface area contributed by atoms with E-state index in [0.717, 1.165) is 6.92 Å². The van der Waals surface area contributed by atoms with E-state index in [2.05, 4.69) is 16.0 Å². The maximum atomic E-state index is 13.1. The first-order valence-corrected chi connectivity index (χ1v) is 11.1. The average Bonchev–Trinajstić information content (AvgIpc) is 2.79. The molecule has 15 nitrogen and oxygen atoms in total. The van der Waals surface area contributed by atoms with Gasteiger partial charge in [-0.05, 0) is 31.0 Å². The summed E-state index contributed by atoms with van der Waals surface area (Å²) in [6.45, 7) is 1.13. The number of rotatable bonds is 15. The van der Waals surface area contributed by atoms with Crippen molar-refractivity contribution < 1.29 is 44.1 Å². The number of carboxylic acid groups (broad SMARTS) is 1. The molecule has 0 aliphatic carbocycles. The highest BCUT2D eigenvalue weighted by atomic mass is 16.4. The minimum absolute atomic E-state index is 0.0495. The van der Waals surface area contributed by atoms with E-state index in [1.807, 2.05) is 0 Å². The Balaban J connectivity index is 3.18. The Kier molecular flexibility index (Phi) is 11.9. The van der Waals surface area contributed by atoms with Crippen LogP contribution in [0.2, 0.25) is 0 Å². The summed E-state index contributed by atoms with van der Waals surface area (Å²) in [7, 11) is 0. The number of hydrogen-bond donors (Lipinski definition) is 9. The van der Waals surface area contributed by atoms with E-state index in [1.165, 1.54) is 24.3 Å². The van der Waals surface area contributed by atoms with E-state index in [1.54, 1.807) is 0 Å².